The van der Waals surface area contributed by atoms with Crippen LogP contribution in [0, 0.1) is 0 Å². The van der Waals surface area contributed by atoms with Crippen molar-refractivity contribution in [1.82, 2.24) is 15.0 Å². The zero-order valence-electron chi connectivity index (χ0n) is 9.63. The molecule has 0 saturated carbocycles. The lowest BCUT2D eigenvalue weighted by Gasteiger charge is -2.10. The molecule has 0 spiro atoms. The molecule has 0 aliphatic carbocycles. The Hall–Kier alpha value is -1.88. The maximum absolute atomic E-state index is 10.0. The van der Waals surface area contributed by atoms with Crippen LogP contribution in [0.1, 0.15) is 30.8 Å². The molecule has 1 atom stereocenters. The van der Waals surface area contributed by atoms with Crippen molar-refractivity contribution in [2.75, 3.05) is 6.61 Å². The Morgan fingerprint density at radius 1 is 1.47 bits per heavy atom. The van der Waals surface area contributed by atoms with Crippen LogP contribution < -0.4 is 4.74 Å². The van der Waals surface area contributed by atoms with Crippen LogP contribution in [0.15, 0.2) is 30.9 Å². The fourth-order valence-corrected chi connectivity index (χ4v) is 1.47. The third-order valence-corrected chi connectivity index (χ3v) is 2.30. The summed E-state index contributed by atoms with van der Waals surface area (Å²) in [5, 5.41) is 10.0. The minimum Gasteiger partial charge on any atom is -0.492 e. The molecule has 2 aromatic rings. The second-order valence-electron chi connectivity index (χ2n) is 3.68. The largest absolute Gasteiger partial charge is 0.492 e. The quantitative estimate of drug-likeness (QED) is 0.824. The number of rotatable bonds is 5. The number of hydrogen-bond acceptors (Lipinski definition) is 4. The van der Waals surface area contributed by atoms with E-state index >= 15 is 0 Å². The number of pyridine rings is 1. The first-order valence-electron chi connectivity index (χ1n) is 5.56. The van der Waals surface area contributed by atoms with Gasteiger partial charge in [0.25, 0.3) is 0 Å². The van der Waals surface area contributed by atoms with Gasteiger partial charge in [0.1, 0.15) is 17.7 Å². The molecular formula is C12H15N3O2. The van der Waals surface area contributed by atoms with Gasteiger partial charge in [-0.2, -0.15) is 0 Å². The van der Waals surface area contributed by atoms with Crippen molar-refractivity contribution < 1.29 is 9.84 Å². The third kappa shape index (κ3) is 2.82. The number of hydrogen-bond donors (Lipinski definition) is 2. The number of ether oxygens (including phenoxy) is 1. The predicted molar refractivity (Wildman–Crippen MR) is 62.7 cm³/mol. The van der Waals surface area contributed by atoms with Gasteiger partial charge in [0.05, 0.1) is 12.8 Å². The van der Waals surface area contributed by atoms with Gasteiger partial charge in [-0.05, 0) is 12.5 Å². The zero-order chi connectivity index (χ0) is 12.1. The van der Waals surface area contributed by atoms with E-state index in [1.165, 1.54) is 0 Å². The molecule has 0 aromatic carbocycles. The SMILES string of the molecule is CCCOc1cncc(C(O)c2ncc[nH]2)c1. The standard InChI is InChI=1S/C12H15N3O2/c1-2-5-17-10-6-9(7-13-8-10)11(16)12-14-3-4-15-12/h3-4,6-8,11,16H,2,5H2,1H3,(H,14,15). The van der Waals surface area contributed by atoms with Gasteiger partial charge in [-0.25, -0.2) is 4.98 Å². The second kappa shape index (κ2) is 5.45. The van der Waals surface area contributed by atoms with Gasteiger partial charge >= 0.3 is 0 Å². The fraction of sp³-hybridized carbons (Fsp3) is 0.333. The van der Waals surface area contributed by atoms with E-state index in [9.17, 15) is 5.11 Å². The minimum absolute atomic E-state index is 0.499. The fourth-order valence-electron chi connectivity index (χ4n) is 1.47. The lowest BCUT2D eigenvalue weighted by molar-refractivity contribution is 0.209. The number of imidazole rings is 1. The Kier molecular flexibility index (Phi) is 3.72. The van der Waals surface area contributed by atoms with Gasteiger partial charge in [0, 0.05) is 24.2 Å². The van der Waals surface area contributed by atoms with Gasteiger partial charge in [-0.3, -0.25) is 4.98 Å². The number of nitrogens with zero attached hydrogens (tertiary/aromatic N) is 2. The summed E-state index contributed by atoms with van der Waals surface area (Å²) in [5.74, 6) is 1.16. The molecule has 90 valence electrons. The maximum Gasteiger partial charge on any atom is 0.139 e. The van der Waals surface area contributed by atoms with Crippen LogP contribution in [0.4, 0.5) is 0 Å². The molecule has 2 heterocycles. The smallest absolute Gasteiger partial charge is 0.139 e. The molecule has 0 aliphatic rings. The first-order valence-corrected chi connectivity index (χ1v) is 5.56. The topological polar surface area (TPSA) is 71.0 Å². The molecule has 0 radical (unpaired) electrons. The number of nitrogens with one attached hydrogen (secondary N) is 1. The number of aliphatic hydroxyl groups is 1. The molecule has 1 unspecified atom stereocenters. The monoisotopic (exact) mass is 233 g/mol. The highest BCUT2D eigenvalue weighted by atomic mass is 16.5. The van der Waals surface area contributed by atoms with Crippen molar-refractivity contribution in [2.45, 2.75) is 19.4 Å². The normalized spacial score (nSPS) is 12.4. The number of aliphatic hydroxyl groups excluding tert-OH is 1. The van der Waals surface area contributed by atoms with Gasteiger partial charge in [0.15, 0.2) is 0 Å². The van der Waals surface area contributed by atoms with Gasteiger partial charge in [0.2, 0.25) is 0 Å². The van der Waals surface area contributed by atoms with Gasteiger partial charge < -0.3 is 14.8 Å². The first-order chi connectivity index (χ1) is 8.31. The number of aromatic nitrogens is 3. The Balaban J connectivity index is 2.15. The van der Waals surface area contributed by atoms with Gasteiger partial charge in [-0.1, -0.05) is 6.92 Å². The van der Waals surface area contributed by atoms with E-state index in [0.717, 1.165) is 6.42 Å². The molecule has 0 aliphatic heterocycles. The van der Waals surface area contributed by atoms with Gasteiger partial charge in [-0.15, -0.1) is 0 Å². The van der Waals surface area contributed by atoms with E-state index in [4.69, 9.17) is 4.74 Å². The molecular weight excluding hydrogens is 218 g/mol. The molecule has 2 rings (SSSR count). The van der Waals surface area contributed by atoms with Crippen molar-refractivity contribution in [3.63, 3.8) is 0 Å². The molecule has 0 amide bonds. The second-order valence-corrected chi connectivity index (χ2v) is 3.68. The Labute approximate surface area is 99.5 Å². The van der Waals surface area contributed by atoms with Crippen molar-refractivity contribution >= 4 is 0 Å². The lowest BCUT2D eigenvalue weighted by atomic mass is 10.1. The Bertz CT molecular complexity index is 457. The van der Waals surface area contributed by atoms with Crippen molar-refractivity contribution in [3.8, 4) is 5.75 Å². The lowest BCUT2D eigenvalue weighted by Crippen LogP contribution is -2.03. The average Bonchev–Trinajstić information content (AvgIpc) is 2.89. The number of aromatic amines is 1. The van der Waals surface area contributed by atoms with Crippen LogP contribution in [0.3, 0.4) is 0 Å². The van der Waals surface area contributed by atoms with Crippen LogP contribution in [-0.2, 0) is 0 Å². The summed E-state index contributed by atoms with van der Waals surface area (Å²) in [6.45, 7) is 2.68. The average molecular weight is 233 g/mol. The Morgan fingerprint density at radius 3 is 3.06 bits per heavy atom. The highest BCUT2D eigenvalue weighted by Crippen LogP contribution is 2.21. The van der Waals surface area contributed by atoms with Crippen LogP contribution in [0.2, 0.25) is 0 Å². The van der Waals surface area contributed by atoms with Crippen molar-refractivity contribution in [1.29, 1.82) is 0 Å². The highest BCUT2D eigenvalue weighted by Gasteiger charge is 2.13. The van der Waals surface area contributed by atoms with E-state index in [1.807, 2.05) is 6.92 Å². The van der Waals surface area contributed by atoms with Crippen molar-refractivity contribution in [2.24, 2.45) is 0 Å². The first kappa shape index (κ1) is 11.6. The summed E-state index contributed by atoms with van der Waals surface area (Å²) in [4.78, 5) is 10.9. The molecule has 2 aromatic heterocycles. The molecule has 0 bridgehead atoms. The summed E-state index contributed by atoms with van der Waals surface area (Å²) in [5.41, 5.74) is 0.661. The third-order valence-electron chi connectivity index (χ3n) is 2.30. The zero-order valence-corrected chi connectivity index (χ0v) is 9.63. The Morgan fingerprint density at radius 2 is 2.35 bits per heavy atom. The van der Waals surface area contributed by atoms with Crippen molar-refractivity contribution in [3.05, 3.63) is 42.2 Å². The van der Waals surface area contributed by atoms with E-state index in [1.54, 1.807) is 30.9 Å². The van der Waals surface area contributed by atoms with Crippen LogP contribution in [0.5, 0.6) is 5.75 Å². The summed E-state index contributed by atoms with van der Waals surface area (Å²) in [6.07, 6.45) is 6.64. The molecule has 2 N–H and O–H groups in total. The predicted octanol–water partition coefficient (Wildman–Crippen LogP) is 1.68. The van der Waals surface area contributed by atoms with Crippen LogP contribution in [0.25, 0.3) is 0 Å². The summed E-state index contributed by atoms with van der Waals surface area (Å²) in [7, 11) is 0. The maximum atomic E-state index is 10.0. The van der Waals surface area contributed by atoms with Crippen LogP contribution >= 0.6 is 0 Å². The summed E-state index contributed by atoms with van der Waals surface area (Å²) >= 11 is 0. The van der Waals surface area contributed by atoms with E-state index in [2.05, 4.69) is 15.0 Å². The highest BCUT2D eigenvalue weighted by molar-refractivity contribution is 5.28. The summed E-state index contributed by atoms with van der Waals surface area (Å²) < 4.78 is 5.46. The molecule has 17 heavy (non-hydrogen) atoms. The van der Waals surface area contributed by atoms with E-state index in [-0.39, 0.29) is 0 Å². The molecule has 5 heteroatoms. The minimum atomic E-state index is -0.803. The molecule has 0 fully saturated rings. The molecule has 0 saturated heterocycles. The van der Waals surface area contributed by atoms with Crippen LogP contribution in [-0.4, -0.2) is 26.7 Å². The summed E-state index contributed by atoms with van der Waals surface area (Å²) in [6, 6.07) is 1.77. The molecule has 5 nitrogen and oxygen atoms in total. The van der Waals surface area contributed by atoms with E-state index in [0.29, 0.717) is 23.7 Å². The number of H-pyrrole nitrogens is 1. The van der Waals surface area contributed by atoms with E-state index < -0.39 is 6.10 Å².